The molecule has 4 heteroatoms. The van der Waals surface area contributed by atoms with Crippen LogP contribution in [0.25, 0.3) is 21.5 Å². The smallest absolute Gasteiger partial charge is 0.0729 e. The van der Waals surface area contributed by atoms with E-state index in [2.05, 4.69) is 59.2 Å². The number of hydrogen-bond donors (Lipinski definition) is 2. The van der Waals surface area contributed by atoms with Crippen LogP contribution in [0.2, 0.25) is 0 Å². The predicted octanol–water partition coefficient (Wildman–Crippen LogP) is 3.47. The summed E-state index contributed by atoms with van der Waals surface area (Å²) in [6.07, 6.45) is 0. The molecule has 3 aromatic rings. The second kappa shape index (κ2) is 9.64. The van der Waals surface area contributed by atoms with Crippen LogP contribution in [0, 0.1) is 0 Å². The van der Waals surface area contributed by atoms with Crippen molar-refractivity contribution >= 4 is 21.5 Å². The molecule has 3 aromatic carbocycles. The van der Waals surface area contributed by atoms with Gasteiger partial charge in [0.1, 0.15) is 0 Å². The van der Waals surface area contributed by atoms with Crippen LogP contribution in [0.15, 0.2) is 48.5 Å². The molecule has 0 saturated heterocycles. The summed E-state index contributed by atoms with van der Waals surface area (Å²) in [5, 5.41) is 11.3. The summed E-state index contributed by atoms with van der Waals surface area (Å²) in [6.45, 7) is 4.34. The average Bonchev–Trinajstić information content (AvgIpc) is 2.69. The van der Waals surface area contributed by atoms with E-state index < -0.39 is 0 Å². The van der Waals surface area contributed by atoms with E-state index in [1.54, 1.807) is 0 Å². The lowest BCUT2D eigenvalue weighted by molar-refractivity contribution is 0.124. The van der Waals surface area contributed by atoms with Crippen molar-refractivity contribution in [3.05, 3.63) is 59.7 Å². The molecule has 4 nitrogen and oxygen atoms in total. The van der Waals surface area contributed by atoms with E-state index in [0.717, 1.165) is 13.1 Å². The average molecular weight is 352 g/mol. The molecule has 0 aliphatic rings. The van der Waals surface area contributed by atoms with Crippen molar-refractivity contribution in [2.45, 2.75) is 13.2 Å². The van der Waals surface area contributed by atoms with Crippen molar-refractivity contribution in [1.82, 2.24) is 10.6 Å². The van der Waals surface area contributed by atoms with E-state index in [0.29, 0.717) is 26.4 Å². The lowest BCUT2D eigenvalue weighted by atomic mass is 9.92. The molecule has 0 aromatic heterocycles. The third-order valence-corrected chi connectivity index (χ3v) is 4.64. The van der Waals surface area contributed by atoms with Crippen molar-refractivity contribution in [3.63, 3.8) is 0 Å². The largest absolute Gasteiger partial charge is 0.375 e. The summed E-state index contributed by atoms with van der Waals surface area (Å²) in [7, 11) is 3.88. The van der Waals surface area contributed by atoms with E-state index in [9.17, 15) is 0 Å². The SMILES string of the molecule is CNCCOCc1c2ccccc2c(COCCNC)c2ccccc12. The Morgan fingerprint density at radius 3 is 1.27 bits per heavy atom. The number of likely N-dealkylation sites (N-methyl/N-ethyl adjacent to an activating group) is 2. The molecule has 0 amide bonds. The van der Waals surface area contributed by atoms with Gasteiger partial charge in [0.05, 0.1) is 26.4 Å². The Hall–Kier alpha value is -1.98. The molecular formula is C22H28N2O2. The topological polar surface area (TPSA) is 42.5 Å². The number of benzene rings is 3. The maximum absolute atomic E-state index is 5.93. The minimum absolute atomic E-state index is 0.615. The van der Waals surface area contributed by atoms with Gasteiger partial charge in [-0.15, -0.1) is 0 Å². The first-order valence-corrected chi connectivity index (χ1v) is 9.22. The first kappa shape index (κ1) is 18.8. The van der Waals surface area contributed by atoms with Gasteiger partial charge in [-0.25, -0.2) is 0 Å². The molecule has 0 saturated carbocycles. The zero-order valence-corrected chi connectivity index (χ0v) is 15.7. The zero-order valence-electron chi connectivity index (χ0n) is 15.7. The fourth-order valence-corrected chi connectivity index (χ4v) is 3.32. The van der Waals surface area contributed by atoms with Crippen LogP contribution in [-0.2, 0) is 22.7 Å². The number of nitrogens with one attached hydrogen (secondary N) is 2. The van der Waals surface area contributed by atoms with Crippen LogP contribution in [0.5, 0.6) is 0 Å². The third kappa shape index (κ3) is 4.22. The van der Waals surface area contributed by atoms with Gasteiger partial charge in [0.25, 0.3) is 0 Å². The predicted molar refractivity (Wildman–Crippen MR) is 109 cm³/mol. The van der Waals surface area contributed by atoms with Gasteiger partial charge in [-0.2, -0.15) is 0 Å². The number of rotatable bonds is 10. The van der Waals surface area contributed by atoms with E-state index in [1.807, 2.05) is 14.1 Å². The number of ether oxygens (including phenoxy) is 2. The van der Waals surface area contributed by atoms with E-state index in [4.69, 9.17) is 9.47 Å². The highest BCUT2D eigenvalue weighted by Crippen LogP contribution is 2.33. The van der Waals surface area contributed by atoms with E-state index in [-0.39, 0.29) is 0 Å². The third-order valence-electron chi connectivity index (χ3n) is 4.64. The molecule has 138 valence electrons. The van der Waals surface area contributed by atoms with Gasteiger partial charge in [0, 0.05) is 13.1 Å². The van der Waals surface area contributed by atoms with Crippen molar-refractivity contribution in [3.8, 4) is 0 Å². The summed E-state index contributed by atoms with van der Waals surface area (Å²) in [4.78, 5) is 0. The fourth-order valence-electron chi connectivity index (χ4n) is 3.32. The molecule has 0 aliphatic heterocycles. The van der Waals surface area contributed by atoms with Crippen LogP contribution in [0.1, 0.15) is 11.1 Å². The van der Waals surface area contributed by atoms with E-state index >= 15 is 0 Å². The highest BCUT2D eigenvalue weighted by molar-refractivity contribution is 6.05. The maximum atomic E-state index is 5.93. The van der Waals surface area contributed by atoms with Crippen molar-refractivity contribution < 1.29 is 9.47 Å². The summed E-state index contributed by atoms with van der Waals surface area (Å²) < 4.78 is 11.9. The Labute approximate surface area is 155 Å². The molecule has 0 radical (unpaired) electrons. The van der Waals surface area contributed by atoms with Gasteiger partial charge in [0.15, 0.2) is 0 Å². The fraction of sp³-hybridized carbons (Fsp3) is 0.364. The van der Waals surface area contributed by atoms with Crippen LogP contribution < -0.4 is 10.6 Å². The lowest BCUT2D eigenvalue weighted by Crippen LogP contribution is -2.14. The number of hydrogen-bond acceptors (Lipinski definition) is 4. The molecule has 0 atom stereocenters. The van der Waals surface area contributed by atoms with E-state index in [1.165, 1.54) is 32.7 Å². The molecule has 0 aliphatic carbocycles. The summed E-state index contributed by atoms with van der Waals surface area (Å²) in [6, 6.07) is 17.1. The Balaban J connectivity index is 2.03. The second-order valence-electron chi connectivity index (χ2n) is 6.36. The zero-order chi connectivity index (χ0) is 18.2. The minimum Gasteiger partial charge on any atom is -0.375 e. The Morgan fingerprint density at radius 2 is 0.962 bits per heavy atom. The Kier molecular flexibility index (Phi) is 6.97. The lowest BCUT2D eigenvalue weighted by Gasteiger charge is -2.17. The van der Waals surface area contributed by atoms with Crippen LogP contribution in [-0.4, -0.2) is 40.4 Å². The van der Waals surface area contributed by atoms with Crippen LogP contribution in [0.4, 0.5) is 0 Å². The summed E-state index contributed by atoms with van der Waals surface area (Å²) in [5.41, 5.74) is 2.51. The molecule has 26 heavy (non-hydrogen) atoms. The van der Waals surface area contributed by atoms with Gasteiger partial charge in [-0.05, 0) is 46.8 Å². The molecule has 0 bridgehead atoms. The summed E-state index contributed by atoms with van der Waals surface area (Å²) >= 11 is 0. The standard InChI is InChI=1S/C22H28N2O2/c1-23-11-13-25-15-21-17-7-3-5-9-19(17)22(16-26-14-12-24-2)20-10-6-4-8-18(20)21/h3-10,23-24H,11-16H2,1-2H3. The van der Waals surface area contributed by atoms with Gasteiger partial charge in [-0.1, -0.05) is 48.5 Å². The molecular weight excluding hydrogens is 324 g/mol. The molecule has 0 unspecified atom stereocenters. The van der Waals surface area contributed by atoms with Crippen LogP contribution >= 0.6 is 0 Å². The van der Waals surface area contributed by atoms with Gasteiger partial charge in [0.2, 0.25) is 0 Å². The first-order chi connectivity index (χ1) is 12.9. The quantitative estimate of drug-likeness (QED) is 0.433. The Bertz CT molecular complexity index is 721. The molecule has 0 fully saturated rings. The van der Waals surface area contributed by atoms with Crippen molar-refractivity contribution in [2.75, 3.05) is 40.4 Å². The molecule has 2 N–H and O–H groups in total. The normalized spacial score (nSPS) is 11.5. The van der Waals surface area contributed by atoms with Gasteiger partial charge in [-0.3, -0.25) is 0 Å². The highest BCUT2D eigenvalue weighted by Gasteiger charge is 2.13. The monoisotopic (exact) mass is 352 g/mol. The second-order valence-corrected chi connectivity index (χ2v) is 6.36. The molecule has 0 heterocycles. The Morgan fingerprint density at radius 1 is 0.615 bits per heavy atom. The molecule has 0 spiro atoms. The first-order valence-electron chi connectivity index (χ1n) is 9.22. The van der Waals surface area contributed by atoms with Gasteiger partial charge < -0.3 is 20.1 Å². The van der Waals surface area contributed by atoms with Crippen molar-refractivity contribution in [2.24, 2.45) is 0 Å². The number of fused-ring (bicyclic) bond motifs is 2. The maximum Gasteiger partial charge on any atom is 0.0729 e. The highest BCUT2D eigenvalue weighted by atomic mass is 16.5. The van der Waals surface area contributed by atoms with Crippen molar-refractivity contribution in [1.29, 1.82) is 0 Å². The minimum atomic E-state index is 0.615. The van der Waals surface area contributed by atoms with Crippen LogP contribution in [0.3, 0.4) is 0 Å². The van der Waals surface area contributed by atoms with Gasteiger partial charge >= 0.3 is 0 Å². The summed E-state index contributed by atoms with van der Waals surface area (Å²) in [5.74, 6) is 0. The molecule has 3 rings (SSSR count).